The Kier molecular flexibility index (Phi) is 6.69. The standard InChI is InChI=1S/C14H19N3/c15-9-4-5-11-17(12-6-10-16)13-14-7-2-1-3-8-14/h1-3,7-9,15H,4-6,11-13H2. The molecule has 90 valence electrons. The molecule has 0 saturated heterocycles. The monoisotopic (exact) mass is 229 g/mol. The highest BCUT2D eigenvalue weighted by atomic mass is 15.1. The first kappa shape index (κ1) is 13.4. The molecular formula is C14H19N3. The summed E-state index contributed by atoms with van der Waals surface area (Å²) in [6, 6.07) is 12.5. The van der Waals surface area contributed by atoms with E-state index in [0.29, 0.717) is 6.42 Å². The first-order chi connectivity index (χ1) is 8.36. The van der Waals surface area contributed by atoms with Crippen LogP contribution in [-0.4, -0.2) is 24.2 Å². The number of hydrogen-bond acceptors (Lipinski definition) is 3. The summed E-state index contributed by atoms with van der Waals surface area (Å²) in [7, 11) is 0. The van der Waals surface area contributed by atoms with Gasteiger partial charge in [-0.25, -0.2) is 0 Å². The van der Waals surface area contributed by atoms with E-state index in [-0.39, 0.29) is 0 Å². The van der Waals surface area contributed by atoms with E-state index in [9.17, 15) is 0 Å². The van der Waals surface area contributed by atoms with E-state index in [1.54, 1.807) is 0 Å². The highest BCUT2D eigenvalue weighted by Gasteiger charge is 2.04. The molecule has 3 nitrogen and oxygen atoms in total. The van der Waals surface area contributed by atoms with Crippen LogP contribution in [0.1, 0.15) is 24.8 Å². The number of hydrogen-bond donors (Lipinski definition) is 1. The van der Waals surface area contributed by atoms with Crippen molar-refractivity contribution in [3.8, 4) is 6.07 Å². The van der Waals surface area contributed by atoms with Crippen molar-refractivity contribution in [2.45, 2.75) is 25.8 Å². The maximum Gasteiger partial charge on any atom is 0.0635 e. The molecule has 17 heavy (non-hydrogen) atoms. The van der Waals surface area contributed by atoms with Gasteiger partial charge in [-0.3, -0.25) is 4.90 Å². The van der Waals surface area contributed by atoms with Gasteiger partial charge in [-0.1, -0.05) is 30.3 Å². The summed E-state index contributed by atoms with van der Waals surface area (Å²) in [6.07, 6.45) is 3.82. The Morgan fingerprint density at radius 2 is 2.00 bits per heavy atom. The zero-order valence-electron chi connectivity index (χ0n) is 10.1. The molecule has 1 aromatic rings. The largest absolute Gasteiger partial charge is 0.313 e. The Labute approximate surface area is 103 Å². The van der Waals surface area contributed by atoms with E-state index in [1.807, 2.05) is 18.2 Å². The lowest BCUT2D eigenvalue weighted by atomic mass is 10.2. The van der Waals surface area contributed by atoms with Crippen LogP contribution in [0.4, 0.5) is 0 Å². The molecule has 0 aliphatic carbocycles. The predicted octanol–water partition coefficient (Wildman–Crippen LogP) is 2.83. The van der Waals surface area contributed by atoms with Crippen molar-refractivity contribution in [3.63, 3.8) is 0 Å². The molecule has 0 radical (unpaired) electrons. The van der Waals surface area contributed by atoms with Crippen LogP contribution in [0.3, 0.4) is 0 Å². The molecule has 0 bridgehead atoms. The summed E-state index contributed by atoms with van der Waals surface area (Å²) in [4.78, 5) is 2.28. The molecule has 0 fully saturated rings. The van der Waals surface area contributed by atoms with E-state index < -0.39 is 0 Å². The van der Waals surface area contributed by atoms with Crippen molar-refractivity contribution >= 4 is 6.21 Å². The van der Waals surface area contributed by atoms with Gasteiger partial charge < -0.3 is 5.41 Å². The Morgan fingerprint density at radius 1 is 1.24 bits per heavy atom. The zero-order chi connectivity index (χ0) is 12.3. The number of nitriles is 1. The Balaban J connectivity index is 2.45. The SMILES string of the molecule is N#CCCN(CCCC=N)Cc1ccccc1. The molecule has 0 atom stereocenters. The highest BCUT2D eigenvalue weighted by molar-refractivity contribution is 5.52. The lowest BCUT2D eigenvalue weighted by Gasteiger charge is -2.20. The number of benzene rings is 1. The fourth-order valence-corrected chi connectivity index (χ4v) is 1.74. The molecule has 0 amide bonds. The zero-order valence-corrected chi connectivity index (χ0v) is 10.1. The van der Waals surface area contributed by atoms with Gasteiger partial charge in [0.15, 0.2) is 0 Å². The summed E-state index contributed by atoms with van der Waals surface area (Å²) in [6.45, 7) is 2.65. The minimum Gasteiger partial charge on any atom is -0.313 e. The average molecular weight is 229 g/mol. The number of rotatable bonds is 8. The molecule has 3 heteroatoms. The minimum absolute atomic E-state index is 0.567. The molecule has 0 heterocycles. The molecular weight excluding hydrogens is 210 g/mol. The topological polar surface area (TPSA) is 50.9 Å². The maximum absolute atomic E-state index is 8.64. The highest BCUT2D eigenvalue weighted by Crippen LogP contribution is 2.06. The van der Waals surface area contributed by atoms with E-state index in [4.69, 9.17) is 10.7 Å². The lowest BCUT2D eigenvalue weighted by molar-refractivity contribution is 0.270. The van der Waals surface area contributed by atoms with E-state index >= 15 is 0 Å². The van der Waals surface area contributed by atoms with Gasteiger partial charge in [0, 0.05) is 19.5 Å². The van der Waals surface area contributed by atoms with Gasteiger partial charge in [-0.05, 0) is 31.2 Å². The molecule has 0 aliphatic rings. The molecule has 0 saturated carbocycles. The van der Waals surface area contributed by atoms with Gasteiger partial charge in [-0.15, -0.1) is 0 Å². The molecule has 0 unspecified atom stereocenters. The van der Waals surface area contributed by atoms with Crippen molar-refractivity contribution in [2.75, 3.05) is 13.1 Å². The van der Waals surface area contributed by atoms with Crippen molar-refractivity contribution in [1.29, 1.82) is 10.7 Å². The molecule has 1 aromatic carbocycles. The summed E-state index contributed by atoms with van der Waals surface area (Å²) in [5.41, 5.74) is 1.28. The maximum atomic E-state index is 8.64. The first-order valence-electron chi connectivity index (χ1n) is 5.99. The van der Waals surface area contributed by atoms with Gasteiger partial charge in [0.1, 0.15) is 0 Å². The van der Waals surface area contributed by atoms with Crippen LogP contribution in [0.15, 0.2) is 30.3 Å². The number of unbranched alkanes of at least 4 members (excludes halogenated alkanes) is 1. The number of nitrogens with zero attached hydrogens (tertiary/aromatic N) is 2. The van der Waals surface area contributed by atoms with E-state index in [2.05, 4.69) is 23.1 Å². The van der Waals surface area contributed by atoms with Crippen molar-refractivity contribution < 1.29 is 0 Å². The van der Waals surface area contributed by atoms with Crippen LogP contribution in [0, 0.1) is 16.7 Å². The summed E-state index contributed by atoms with van der Waals surface area (Å²) >= 11 is 0. The molecule has 1 rings (SSSR count). The Hall–Kier alpha value is -1.66. The Morgan fingerprint density at radius 3 is 2.65 bits per heavy atom. The summed E-state index contributed by atoms with van der Waals surface area (Å²) in [5, 5.41) is 15.7. The number of nitrogens with one attached hydrogen (secondary N) is 1. The smallest absolute Gasteiger partial charge is 0.0635 e. The van der Waals surface area contributed by atoms with Gasteiger partial charge in [0.25, 0.3) is 0 Å². The quantitative estimate of drug-likeness (QED) is 0.550. The summed E-state index contributed by atoms with van der Waals surface area (Å²) in [5.74, 6) is 0. The third-order valence-corrected chi connectivity index (χ3v) is 2.61. The van der Waals surface area contributed by atoms with Gasteiger partial charge in [0.05, 0.1) is 6.07 Å². The second kappa shape index (κ2) is 8.49. The third-order valence-electron chi connectivity index (χ3n) is 2.61. The molecule has 0 aliphatic heterocycles. The van der Waals surface area contributed by atoms with Crippen molar-refractivity contribution in [1.82, 2.24) is 4.90 Å². The van der Waals surface area contributed by atoms with Gasteiger partial charge >= 0.3 is 0 Å². The molecule has 0 spiro atoms. The second-order valence-corrected chi connectivity index (χ2v) is 4.02. The van der Waals surface area contributed by atoms with Crippen LogP contribution < -0.4 is 0 Å². The van der Waals surface area contributed by atoms with Crippen LogP contribution in [0.25, 0.3) is 0 Å². The third kappa shape index (κ3) is 5.84. The van der Waals surface area contributed by atoms with Crippen molar-refractivity contribution in [2.24, 2.45) is 0 Å². The van der Waals surface area contributed by atoms with Gasteiger partial charge in [-0.2, -0.15) is 5.26 Å². The van der Waals surface area contributed by atoms with Crippen LogP contribution in [0.5, 0.6) is 0 Å². The van der Waals surface area contributed by atoms with Gasteiger partial charge in [0.2, 0.25) is 0 Å². The van der Waals surface area contributed by atoms with Crippen LogP contribution >= 0.6 is 0 Å². The average Bonchev–Trinajstić information content (AvgIpc) is 2.37. The van der Waals surface area contributed by atoms with Crippen LogP contribution in [0.2, 0.25) is 0 Å². The summed E-state index contributed by atoms with van der Waals surface area (Å²) < 4.78 is 0. The fourth-order valence-electron chi connectivity index (χ4n) is 1.74. The minimum atomic E-state index is 0.567. The first-order valence-corrected chi connectivity index (χ1v) is 5.99. The lowest BCUT2D eigenvalue weighted by Crippen LogP contribution is -2.25. The fraction of sp³-hybridized carbons (Fsp3) is 0.429. The normalized spacial score (nSPS) is 10.1. The second-order valence-electron chi connectivity index (χ2n) is 4.02. The van der Waals surface area contributed by atoms with E-state index in [1.165, 1.54) is 11.8 Å². The van der Waals surface area contributed by atoms with Crippen molar-refractivity contribution in [3.05, 3.63) is 35.9 Å². The van der Waals surface area contributed by atoms with E-state index in [0.717, 1.165) is 32.5 Å². The van der Waals surface area contributed by atoms with Crippen LogP contribution in [-0.2, 0) is 6.54 Å². The molecule has 1 N–H and O–H groups in total. The predicted molar refractivity (Wildman–Crippen MR) is 70.0 cm³/mol. The molecule has 0 aromatic heterocycles. The Bertz CT molecular complexity index is 353.